The first-order valence-electron chi connectivity index (χ1n) is 6.88. The third-order valence-electron chi connectivity index (χ3n) is 2.94. The van der Waals surface area contributed by atoms with Crippen LogP contribution in [0.25, 0.3) is 0 Å². The first-order chi connectivity index (χ1) is 8.40. The van der Waals surface area contributed by atoms with Crippen LogP contribution in [-0.2, 0) is 6.42 Å². The normalized spacial score (nSPS) is 13.6. The van der Waals surface area contributed by atoms with Gasteiger partial charge in [-0.15, -0.1) is 0 Å². The maximum absolute atomic E-state index is 3.68. The fraction of sp³-hybridized carbons (Fsp3) is 0.625. The smallest absolute Gasteiger partial charge is 0.0175 e. The maximum Gasteiger partial charge on any atom is 0.0175 e. The second kappa shape index (κ2) is 7.30. The van der Waals surface area contributed by atoms with Gasteiger partial charge in [0.2, 0.25) is 0 Å². The molecule has 2 heteroatoms. The van der Waals surface area contributed by atoms with E-state index in [1.54, 1.807) is 0 Å². The van der Waals surface area contributed by atoms with Crippen LogP contribution in [0.5, 0.6) is 0 Å². The topological polar surface area (TPSA) is 12.0 Å². The van der Waals surface area contributed by atoms with E-state index in [1.807, 2.05) is 0 Å². The van der Waals surface area contributed by atoms with Crippen molar-refractivity contribution in [2.75, 3.05) is 6.54 Å². The SMILES string of the molecule is CCCNC(Cc1ccc(Br)cc1)CC(C)(C)C. The van der Waals surface area contributed by atoms with Crippen LogP contribution in [-0.4, -0.2) is 12.6 Å². The van der Waals surface area contributed by atoms with Crippen molar-refractivity contribution >= 4 is 15.9 Å². The minimum absolute atomic E-state index is 0.376. The van der Waals surface area contributed by atoms with E-state index >= 15 is 0 Å². The van der Waals surface area contributed by atoms with Crippen LogP contribution in [0.15, 0.2) is 28.7 Å². The molecule has 0 bridgehead atoms. The number of hydrogen-bond acceptors (Lipinski definition) is 1. The summed E-state index contributed by atoms with van der Waals surface area (Å²) in [5.74, 6) is 0. The van der Waals surface area contributed by atoms with Crippen molar-refractivity contribution in [3.05, 3.63) is 34.3 Å². The molecule has 1 atom stereocenters. The molecular weight excluding hydrogens is 286 g/mol. The lowest BCUT2D eigenvalue weighted by atomic mass is 9.86. The second-order valence-electron chi connectivity index (χ2n) is 6.25. The van der Waals surface area contributed by atoms with Crippen LogP contribution in [0, 0.1) is 5.41 Å². The monoisotopic (exact) mass is 311 g/mol. The highest BCUT2D eigenvalue weighted by atomic mass is 79.9. The molecule has 0 spiro atoms. The molecule has 1 aromatic carbocycles. The number of rotatable bonds is 6. The molecule has 0 fully saturated rings. The van der Waals surface area contributed by atoms with E-state index in [9.17, 15) is 0 Å². The van der Waals surface area contributed by atoms with Crippen molar-refractivity contribution in [2.24, 2.45) is 5.41 Å². The Morgan fingerprint density at radius 2 is 1.78 bits per heavy atom. The molecule has 0 aliphatic rings. The summed E-state index contributed by atoms with van der Waals surface area (Å²) in [7, 11) is 0. The summed E-state index contributed by atoms with van der Waals surface area (Å²) in [5, 5.41) is 3.68. The Morgan fingerprint density at radius 3 is 2.28 bits per heavy atom. The number of benzene rings is 1. The quantitative estimate of drug-likeness (QED) is 0.796. The molecule has 0 heterocycles. The Balaban J connectivity index is 2.62. The average Bonchev–Trinajstić information content (AvgIpc) is 2.27. The fourth-order valence-electron chi connectivity index (χ4n) is 2.21. The predicted octanol–water partition coefficient (Wildman–Crippen LogP) is 4.80. The van der Waals surface area contributed by atoms with Crippen LogP contribution in [0.4, 0.5) is 0 Å². The molecule has 102 valence electrons. The predicted molar refractivity (Wildman–Crippen MR) is 84.0 cm³/mol. The molecule has 0 saturated heterocycles. The van der Waals surface area contributed by atoms with Crippen molar-refractivity contribution in [1.29, 1.82) is 0 Å². The molecule has 1 aromatic rings. The summed E-state index contributed by atoms with van der Waals surface area (Å²) >= 11 is 3.49. The van der Waals surface area contributed by atoms with Crippen LogP contribution >= 0.6 is 15.9 Å². The van der Waals surface area contributed by atoms with Gasteiger partial charge in [-0.25, -0.2) is 0 Å². The second-order valence-corrected chi connectivity index (χ2v) is 7.16. The van der Waals surface area contributed by atoms with Crippen molar-refractivity contribution < 1.29 is 0 Å². The molecule has 0 radical (unpaired) electrons. The van der Waals surface area contributed by atoms with Gasteiger partial charge in [0.1, 0.15) is 0 Å². The standard InChI is InChI=1S/C16H26BrN/c1-5-10-18-15(12-16(2,3)4)11-13-6-8-14(17)9-7-13/h6-9,15,18H,5,10-12H2,1-4H3. The first kappa shape index (κ1) is 15.7. The lowest BCUT2D eigenvalue weighted by Crippen LogP contribution is -2.35. The lowest BCUT2D eigenvalue weighted by molar-refractivity contribution is 0.306. The molecule has 1 nitrogen and oxygen atoms in total. The summed E-state index contributed by atoms with van der Waals surface area (Å²) in [5.41, 5.74) is 1.79. The van der Waals surface area contributed by atoms with Gasteiger partial charge in [0.05, 0.1) is 0 Å². The molecule has 18 heavy (non-hydrogen) atoms. The van der Waals surface area contributed by atoms with E-state index in [-0.39, 0.29) is 0 Å². The van der Waals surface area contributed by atoms with Gasteiger partial charge in [-0.05, 0) is 48.9 Å². The summed E-state index contributed by atoms with van der Waals surface area (Å²) in [6, 6.07) is 9.26. The van der Waals surface area contributed by atoms with Gasteiger partial charge in [-0.3, -0.25) is 0 Å². The Kier molecular flexibility index (Phi) is 6.37. The summed E-state index contributed by atoms with van der Waals surface area (Å²) in [4.78, 5) is 0. The molecule has 1 unspecified atom stereocenters. The fourth-order valence-corrected chi connectivity index (χ4v) is 2.47. The van der Waals surface area contributed by atoms with Crippen LogP contribution < -0.4 is 5.32 Å². The van der Waals surface area contributed by atoms with E-state index < -0.39 is 0 Å². The summed E-state index contributed by atoms with van der Waals surface area (Å²) in [6.07, 6.45) is 3.52. The summed E-state index contributed by atoms with van der Waals surface area (Å²) in [6.45, 7) is 10.3. The minimum atomic E-state index is 0.376. The minimum Gasteiger partial charge on any atom is -0.314 e. The molecule has 0 aliphatic heterocycles. The van der Waals surface area contributed by atoms with Crippen LogP contribution in [0.3, 0.4) is 0 Å². The average molecular weight is 312 g/mol. The van der Waals surface area contributed by atoms with Gasteiger partial charge < -0.3 is 5.32 Å². The zero-order valence-electron chi connectivity index (χ0n) is 12.1. The molecule has 1 rings (SSSR count). The van der Waals surface area contributed by atoms with Crippen LogP contribution in [0.2, 0.25) is 0 Å². The zero-order valence-corrected chi connectivity index (χ0v) is 13.7. The van der Waals surface area contributed by atoms with Gasteiger partial charge in [0.15, 0.2) is 0 Å². The molecule has 0 saturated carbocycles. The highest BCUT2D eigenvalue weighted by Gasteiger charge is 2.18. The largest absolute Gasteiger partial charge is 0.314 e. The summed E-state index contributed by atoms with van der Waals surface area (Å²) < 4.78 is 1.15. The molecular formula is C16H26BrN. The molecule has 0 aromatic heterocycles. The highest BCUT2D eigenvalue weighted by molar-refractivity contribution is 9.10. The van der Waals surface area contributed by atoms with Gasteiger partial charge in [0.25, 0.3) is 0 Å². The number of hydrogen-bond donors (Lipinski definition) is 1. The Morgan fingerprint density at radius 1 is 1.17 bits per heavy atom. The van der Waals surface area contributed by atoms with Crippen LogP contribution in [0.1, 0.15) is 46.1 Å². The Labute approximate surface area is 120 Å². The van der Waals surface area contributed by atoms with Crippen molar-refractivity contribution in [3.63, 3.8) is 0 Å². The van der Waals surface area contributed by atoms with E-state index in [4.69, 9.17) is 0 Å². The third kappa shape index (κ3) is 6.55. The maximum atomic E-state index is 3.68. The van der Waals surface area contributed by atoms with E-state index in [0.717, 1.165) is 17.4 Å². The Bertz CT molecular complexity index is 337. The third-order valence-corrected chi connectivity index (χ3v) is 3.47. The first-order valence-corrected chi connectivity index (χ1v) is 7.68. The lowest BCUT2D eigenvalue weighted by Gasteiger charge is -2.27. The zero-order chi connectivity index (χ0) is 13.6. The van der Waals surface area contributed by atoms with Crippen molar-refractivity contribution in [2.45, 2.75) is 53.0 Å². The van der Waals surface area contributed by atoms with E-state index in [0.29, 0.717) is 11.5 Å². The van der Waals surface area contributed by atoms with E-state index in [2.05, 4.69) is 73.2 Å². The van der Waals surface area contributed by atoms with E-state index in [1.165, 1.54) is 18.4 Å². The molecule has 1 N–H and O–H groups in total. The highest BCUT2D eigenvalue weighted by Crippen LogP contribution is 2.23. The van der Waals surface area contributed by atoms with Gasteiger partial charge in [-0.2, -0.15) is 0 Å². The number of nitrogens with one attached hydrogen (secondary N) is 1. The number of halogens is 1. The van der Waals surface area contributed by atoms with Crippen molar-refractivity contribution in [1.82, 2.24) is 5.32 Å². The van der Waals surface area contributed by atoms with Gasteiger partial charge in [0, 0.05) is 10.5 Å². The molecule has 0 aliphatic carbocycles. The van der Waals surface area contributed by atoms with Crippen molar-refractivity contribution in [3.8, 4) is 0 Å². The van der Waals surface area contributed by atoms with Gasteiger partial charge >= 0.3 is 0 Å². The Hall–Kier alpha value is -0.340. The van der Waals surface area contributed by atoms with Gasteiger partial charge in [-0.1, -0.05) is 55.8 Å². The molecule has 0 amide bonds.